The van der Waals surface area contributed by atoms with E-state index in [-0.39, 0.29) is 17.2 Å². The van der Waals surface area contributed by atoms with Crippen LogP contribution >= 0.6 is 11.8 Å². The maximum Gasteiger partial charge on any atom is 0.192 e. The van der Waals surface area contributed by atoms with Gasteiger partial charge in [0.05, 0.1) is 11.4 Å². The first-order chi connectivity index (χ1) is 8.52. The Morgan fingerprint density at radius 2 is 1.89 bits per heavy atom. The van der Waals surface area contributed by atoms with Crippen LogP contribution in [0, 0.1) is 0 Å². The lowest BCUT2D eigenvalue weighted by Crippen LogP contribution is -2.43. The van der Waals surface area contributed by atoms with Gasteiger partial charge in [0, 0.05) is 12.4 Å². The van der Waals surface area contributed by atoms with Crippen LogP contribution in [0.4, 0.5) is 0 Å². The quantitative estimate of drug-likeness (QED) is 0.744. The van der Waals surface area contributed by atoms with Gasteiger partial charge in [-0.2, -0.15) is 11.8 Å². The molecule has 0 aliphatic carbocycles. The predicted octanol–water partition coefficient (Wildman–Crippen LogP) is 3.64. The van der Waals surface area contributed by atoms with Crippen molar-refractivity contribution in [1.82, 2.24) is 0 Å². The molecule has 0 bridgehead atoms. The van der Waals surface area contributed by atoms with Crippen molar-refractivity contribution >= 4 is 20.1 Å². The molecule has 2 rings (SSSR count). The van der Waals surface area contributed by atoms with Crippen molar-refractivity contribution in [3.05, 3.63) is 0 Å². The Balaban J connectivity index is 1.91. The molecule has 0 amide bonds. The molecule has 2 aliphatic heterocycles. The van der Waals surface area contributed by atoms with Gasteiger partial charge in [-0.1, -0.05) is 20.8 Å². The molecule has 3 atom stereocenters. The highest BCUT2D eigenvalue weighted by Gasteiger charge is 2.50. The van der Waals surface area contributed by atoms with E-state index < -0.39 is 14.1 Å². The fraction of sp³-hybridized carbons (Fsp3) is 1.00. The molecule has 112 valence electrons. The smallest absolute Gasteiger partial charge is 0.192 e. The van der Waals surface area contributed by atoms with Crippen LogP contribution in [0.25, 0.3) is 0 Å². The van der Waals surface area contributed by atoms with Crippen LogP contribution in [0.3, 0.4) is 0 Å². The van der Waals surface area contributed by atoms with E-state index >= 15 is 0 Å². The van der Waals surface area contributed by atoms with Crippen LogP contribution < -0.4 is 0 Å². The zero-order valence-electron chi connectivity index (χ0n) is 13.3. The largest absolute Gasteiger partial charge is 0.416 e. The molecule has 2 saturated heterocycles. The number of fused-ring (bicyclic) bond motifs is 1. The van der Waals surface area contributed by atoms with Crippen molar-refractivity contribution in [2.75, 3.05) is 12.4 Å². The van der Waals surface area contributed by atoms with E-state index in [1.54, 1.807) is 0 Å². The summed E-state index contributed by atoms with van der Waals surface area (Å²) in [5.74, 6) is 0.602. The molecule has 2 aliphatic rings. The standard InChI is InChI=1S/C14H28O3SSi/c1-13(2,3)19(6,7)15-8-11-12-10(9-18-11)16-14(4,5)17-12/h10-12H,8-9H2,1-7H3/t10-,11+,12-/m0/s1. The molecule has 0 N–H and O–H groups in total. The average molecular weight is 305 g/mol. The maximum absolute atomic E-state index is 6.34. The van der Waals surface area contributed by atoms with Crippen LogP contribution in [0.5, 0.6) is 0 Å². The van der Waals surface area contributed by atoms with Crippen molar-refractivity contribution in [2.45, 2.75) is 76.0 Å². The minimum atomic E-state index is -1.66. The van der Waals surface area contributed by atoms with Gasteiger partial charge in [0.1, 0.15) is 6.10 Å². The predicted molar refractivity (Wildman–Crippen MR) is 83.2 cm³/mol. The van der Waals surface area contributed by atoms with Crippen LogP contribution in [0.15, 0.2) is 0 Å². The maximum atomic E-state index is 6.34. The molecule has 0 aromatic rings. The Morgan fingerprint density at radius 3 is 2.47 bits per heavy atom. The van der Waals surface area contributed by atoms with Crippen molar-refractivity contribution < 1.29 is 13.9 Å². The SMILES string of the molecule is CC1(C)O[C@H]2[C@H](CS[C@@H]2CO[Si](C)(C)C(C)(C)C)O1. The summed E-state index contributed by atoms with van der Waals surface area (Å²) in [4.78, 5) is 0. The monoisotopic (exact) mass is 304 g/mol. The molecule has 0 unspecified atom stereocenters. The summed E-state index contributed by atoms with van der Waals surface area (Å²) in [6, 6.07) is 0. The molecule has 19 heavy (non-hydrogen) atoms. The van der Waals surface area contributed by atoms with Gasteiger partial charge in [0.2, 0.25) is 0 Å². The van der Waals surface area contributed by atoms with Gasteiger partial charge in [-0.15, -0.1) is 0 Å². The van der Waals surface area contributed by atoms with Gasteiger partial charge in [-0.25, -0.2) is 0 Å². The molecule has 2 heterocycles. The first-order valence-electron chi connectivity index (χ1n) is 7.13. The van der Waals surface area contributed by atoms with E-state index in [1.807, 2.05) is 25.6 Å². The van der Waals surface area contributed by atoms with Gasteiger partial charge >= 0.3 is 0 Å². The van der Waals surface area contributed by atoms with Gasteiger partial charge < -0.3 is 13.9 Å². The summed E-state index contributed by atoms with van der Waals surface area (Å²) in [5.41, 5.74) is 0. The lowest BCUT2D eigenvalue weighted by molar-refractivity contribution is -0.146. The molecular weight excluding hydrogens is 276 g/mol. The van der Waals surface area contributed by atoms with Gasteiger partial charge in [-0.05, 0) is 32.0 Å². The van der Waals surface area contributed by atoms with Crippen LogP contribution in [-0.2, 0) is 13.9 Å². The van der Waals surface area contributed by atoms with E-state index in [2.05, 4.69) is 33.9 Å². The van der Waals surface area contributed by atoms with E-state index in [0.717, 1.165) is 12.4 Å². The van der Waals surface area contributed by atoms with Crippen molar-refractivity contribution in [2.24, 2.45) is 0 Å². The Morgan fingerprint density at radius 1 is 1.26 bits per heavy atom. The lowest BCUT2D eigenvalue weighted by Gasteiger charge is -2.37. The Labute approximate surface area is 122 Å². The second kappa shape index (κ2) is 5.02. The van der Waals surface area contributed by atoms with E-state index in [0.29, 0.717) is 5.25 Å². The Kier molecular flexibility index (Phi) is 4.18. The molecule has 0 saturated carbocycles. The highest BCUT2D eigenvalue weighted by molar-refractivity contribution is 8.00. The van der Waals surface area contributed by atoms with Crippen LogP contribution in [0.2, 0.25) is 18.1 Å². The molecule has 0 aromatic carbocycles. The molecule has 0 radical (unpaired) electrons. The molecule has 0 aromatic heterocycles. The molecule has 3 nitrogen and oxygen atoms in total. The summed E-state index contributed by atoms with van der Waals surface area (Å²) in [5, 5.41) is 0.683. The highest BCUT2D eigenvalue weighted by Crippen LogP contribution is 2.43. The van der Waals surface area contributed by atoms with Crippen LogP contribution in [-0.4, -0.2) is 43.9 Å². The third-order valence-corrected chi connectivity index (χ3v) is 10.3. The summed E-state index contributed by atoms with van der Waals surface area (Å²) in [6.45, 7) is 16.2. The van der Waals surface area contributed by atoms with Crippen molar-refractivity contribution in [1.29, 1.82) is 0 Å². The van der Waals surface area contributed by atoms with Gasteiger partial charge in [-0.3, -0.25) is 0 Å². The number of hydrogen-bond acceptors (Lipinski definition) is 4. The Hall–Kier alpha value is 0.447. The van der Waals surface area contributed by atoms with Gasteiger partial charge in [0.15, 0.2) is 14.1 Å². The average Bonchev–Trinajstić information content (AvgIpc) is 2.68. The summed E-state index contributed by atoms with van der Waals surface area (Å²) in [7, 11) is -1.66. The summed E-state index contributed by atoms with van der Waals surface area (Å²) < 4.78 is 18.3. The van der Waals surface area contributed by atoms with Crippen LogP contribution in [0.1, 0.15) is 34.6 Å². The van der Waals surface area contributed by atoms with Crippen molar-refractivity contribution in [3.8, 4) is 0 Å². The number of hydrogen-bond donors (Lipinski definition) is 0. The fourth-order valence-electron chi connectivity index (χ4n) is 2.27. The summed E-state index contributed by atoms with van der Waals surface area (Å²) in [6.07, 6.45) is 0.442. The van der Waals surface area contributed by atoms with E-state index in [9.17, 15) is 0 Å². The number of ether oxygens (including phenoxy) is 2. The second-order valence-electron chi connectivity index (χ2n) is 7.58. The highest BCUT2D eigenvalue weighted by atomic mass is 32.2. The number of rotatable bonds is 3. The first-order valence-corrected chi connectivity index (χ1v) is 11.1. The Bertz CT molecular complexity index is 338. The zero-order chi connectivity index (χ0) is 14.5. The third-order valence-electron chi connectivity index (χ3n) is 4.48. The normalized spacial score (nSPS) is 34.6. The minimum Gasteiger partial charge on any atom is -0.416 e. The molecule has 2 fully saturated rings. The first kappa shape index (κ1) is 15.8. The third kappa shape index (κ3) is 3.38. The molecule has 5 heteroatoms. The van der Waals surface area contributed by atoms with E-state index in [4.69, 9.17) is 13.9 Å². The van der Waals surface area contributed by atoms with E-state index in [1.165, 1.54) is 0 Å². The molecule has 0 spiro atoms. The van der Waals surface area contributed by atoms with Gasteiger partial charge in [0.25, 0.3) is 0 Å². The summed E-state index contributed by atoms with van der Waals surface area (Å²) >= 11 is 1.93. The lowest BCUT2D eigenvalue weighted by atomic mass is 10.2. The van der Waals surface area contributed by atoms with Crippen molar-refractivity contribution in [3.63, 3.8) is 0 Å². The molecular formula is C14H28O3SSi. The topological polar surface area (TPSA) is 27.7 Å². The second-order valence-corrected chi connectivity index (χ2v) is 13.7. The zero-order valence-corrected chi connectivity index (χ0v) is 15.1. The number of thioether (sulfide) groups is 1. The fourth-order valence-corrected chi connectivity index (χ4v) is 4.70. The minimum absolute atomic E-state index is 0.199.